The third-order valence-electron chi connectivity index (χ3n) is 3.28. The second-order valence-corrected chi connectivity index (χ2v) is 6.20. The van der Waals surface area contributed by atoms with Crippen LogP contribution in [0.25, 0.3) is 6.08 Å². The lowest BCUT2D eigenvalue weighted by molar-refractivity contribution is -0.115. The number of aliphatic imine (C=N–C) groups is 1. The number of carbonyl (C=O) groups excluding carboxylic acids is 1. The van der Waals surface area contributed by atoms with Gasteiger partial charge in [-0.05, 0) is 61.5 Å². The molecule has 1 fully saturated rings. The predicted octanol–water partition coefficient (Wildman–Crippen LogP) is 4.34. The van der Waals surface area contributed by atoms with Gasteiger partial charge in [-0.1, -0.05) is 23.8 Å². The highest BCUT2D eigenvalue weighted by molar-refractivity contribution is 8.18. The quantitative estimate of drug-likeness (QED) is 0.854. The number of nitrogens with one attached hydrogen (secondary N) is 1. The minimum Gasteiger partial charge on any atom is -0.465 e. The van der Waals surface area contributed by atoms with Crippen LogP contribution in [0.15, 0.2) is 63.1 Å². The number of amidine groups is 1. The zero-order valence-corrected chi connectivity index (χ0v) is 13.7. The molecule has 0 spiro atoms. The number of rotatable bonds is 3. The van der Waals surface area contributed by atoms with Gasteiger partial charge in [-0.25, -0.2) is 4.99 Å². The molecular formula is C18H16N2O2S. The van der Waals surface area contributed by atoms with Crippen molar-refractivity contribution in [2.75, 3.05) is 0 Å². The van der Waals surface area contributed by atoms with E-state index in [4.69, 9.17) is 4.42 Å². The molecule has 2 heterocycles. The van der Waals surface area contributed by atoms with Crippen LogP contribution in [0.1, 0.15) is 16.9 Å². The highest BCUT2D eigenvalue weighted by Gasteiger charge is 2.23. The summed E-state index contributed by atoms with van der Waals surface area (Å²) < 4.78 is 5.20. The summed E-state index contributed by atoms with van der Waals surface area (Å²) in [5.41, 5.74) is 3.14. The van der Waals surface area contributed by atoms with Crippen LogP contribution in [0.5, 0.6) is 0 Å². The predicted molar refractivity (Wildman–Crippen MR) is 94.6 cm³/mol. The number of hydrogen-bond donors (Lipinski definition) is 1. The van der Waals surface area contributed by atoms with Crippen molar-refractivity contribution in [3.8, 4) is 0 Å². The van der Waals surface area contributed by atoms with Gasteiger partial charge in [0.05, 0.1) is 16.9 Å². The number of furan rings is 1. The van der Waals surface area contributed by atoms with Gasteiger partial charge in [0, 0.05) is 0 Å². The summed E-state index contributed by atoms with van der Waals surface area (Å²) in [6.45, 7) is 4.05. The van der Waals surface area contributed by atoms with Crippen molar-refractivity contribution in [2.45, 2.75) is 13.8 Å². The average Bonchev–Trinajstić information content (AvgIpc) is 3.13. The maximum atomic E-state index is 12.0. The summed E-state index contributed by atoms with van der Waals surface area (Å²) in [4.78, 5) is 17.1. The van der Waals surface area contributed by atoms with Crippen molar-refractivity contribution in [3.05, 3.63) is 70.5 Å². The van der Waals surface area contributed by atoms with Crippen molar-refractivity contribution < 1.29 is 9.21 Å². The van der Waals surface area contributed by atoms with E-state index in [0.29, 0.717) is 10.1 Å². The van der Waals surface area contributed by atoms with Gasteiger partial charge in [0.25, 0.3) is 5.91 Å². The molecule has 116 valence electrons. The molecule has 2 aromatic rings. The molecule has 5 heteroatoms. The zero-order valence-electron chi connectivity index (χ0n) is 12.9. The number of allylic oxidation sites excluding steroid dienone is 2. The van der Waals surface area contributed by atoms with Crippen molar-refractivity contribution in [3.63, 3.8) is 0 Å². The fourth-order valence-electron chi connectivity index (χ4n) is 2.15. The lowest BCUT2D eigenvalue weighted by Crippen LogP contribution is -2.19. The van der Waals surface area contributed by atoms with Crippen molar-refractivity contribution in [1.29, 1.82) is 0 Å². The molecule has 3 rings (SSSR count). The third-order valence-corrected chi connectivity index (χ3v) is 4.20. The van der Waals surface area contributed by atoms with Crippen LogP contribution in [0.4, 0.5) is 5.69 Å². The Labute approximate surface area is 139 Å². The highest BCUT2D eigenvalue weighted by Crippen LogP contribution is 2.28. The van der Waals surface area contributed by atoms with Gasteiger partial charge in [0.15, 0.2) is 5.17 Å². The normalized spacial score (nSPS) is 18.3. The largest absolute Gasteiger partial charge is 0.465 e. The SMILES string of the molecule is Cc1ccc(N=C2NC(=O)C(=CC=Cc3ccco3)S2)c(C)c1. The molecule has 0 bridgehead atoms. The van der Waals surface area contributed by atoms with E-state index in [9.17, 15) is 4.79 Å². The van der Waals surface area contributed by atoms with Crippen molar-refractivity contribution in [2.24, 2.45) is 4.99 Å². The zero-order chi connectivity index (χ0) is 16.2. The van der Waals surface area contributed by atoms with E-state index in [-0.39, 0.29) is 5.91 Å². The highest BCUT2D eigenvalue weighted by atomic mass is 32.2. The van der Waals surface area contributed by atoms with Gasteiger partial charge in [0.2, 0.25) is 0 Å². The summed E-state index contributed by atoms with van der Waals surface area (Å²) in [6.07, 6.45) is 6.96. The molecule has 0 radical (unpaired) electrons. The Morgan fingerprint density at radius 3 is 2.87 bits per heavy atom. The average molecular weight is 324 g/mol. The lowest BCUT2D eigenvalue weighted by Gasteiger charge is -2.02. The maximum absolute atomic E-state index is 12.0. The molecule has 0 atom stereocenters. The van der Waals surface area contributed by atoms with E-state index in [2.05, 4.69) is 16.4 Å². The first kappa shape index (κ1) is 15.4. The third kappa shape index (κ3) is 3.81. The molecule has 1 amide bonds. The number of amides is 1. The molecule has 1 aliphatic rings. The summed E-state index contributed by atoms with van der Waals surface area (Å²) in [5.74, 6) is 0.608. The van der Waals surface area contributed by atoms with E-state index in [1.807, 2.05) is 38.1 Å². The molecule has 4 nitrogen and oxygen atoms in total. The van der Waals surface area contributed by atoms with E-state index >= 15 is 0 Å². The first-order valence-corrected chi connectivity index (χ1v) is 8.00. The molecule has 23 heavy (non-hydrogen) atoms. The minimum absolute atomic E-state index is 0.136. The van der Waals surface area contributed by atoms with E-state index in [1.54, 1.807) is 24.5 Å². The molecule has 0 unspecified atom stereocenters. The lowest BCUT2D eigenvalue weighted by atomic mass is 10.1. The van der Waals surface area contributed by atoms with Crippen LogP contribution in [0, 0.1) is 13.8 Å². The number of nitrogens with zero attached hydrogens (tertiary/aromatic N) is 1. The number of carbonyl (C=O) groups is 1. The molecule has 1 aromatic heterocycles. The molecule has 0 saturated carbocycles. The molecule has 1 aliphatic heterocycles. The van der Waals surface area contributed by atoms with Crippen LogP contribution < -0.4 is 5.32 Å². The number of hydrogen-bond acceptors (Lipinski definition) is 4. The molecule has 1 N–H and O–H groups in total. The van der Waals surface area contributed by atoms with E-state index in [1.165, 1.54) is 17.3 Å². The Kier molecular flexibility index (Phi) is 4.48. The van der Waals surface area contributed by atoms with E-state index in [0.717, 1.165) is 17.0 Å². The first-order valence-electron chi connectivity index (χ1n) is 7.19. The van der Waals surface area contributed by atoms with Crippen molar-refractivity contribution >= 4 is 34.6 Å². The van der Waals surface area contributed by atoms with E-state index < -0.39 is 0 Å². The fourth-order valence-corrected chi connectivity index (χ4v) is 2.94. The minimum atomic E-state index is -0.136. The molecule has 1 saturated heterocycles. The van der Waals surface area contributed by atoms with Crippen molar-refractivity contribution in [1.82, 2.24) is 5.32 Å². The Balaban J connectivity index is 1.75. The molecular weight excluding hydrogens is 308 g/mol. The summed E-state index contributed by atoms with van der Waals surface area (Å²) in [5, 5.41) is 3.38. The monoisotopic (exact) mass is 324 g/mol. The van der Waals surface area contributed by atoms with Gasteiger partial charge in [-0.15, -0.1) is 0 Å². The smallest absolute Gasteiger partial charge is 0.264 e. The van der Waals surface area contributed by atoms with Gasteiger partial charge in [-0.2, -0.15) is 0 Å². The Morgan fingerprint density at radius 2 is 2.13 bits per heavy atom. The fraction of sp³-hybridized carbons (Fsp3) is 0.111. The Bertz CT molecular complexity index is 818. The summed E-state index contributed by atoms with van der Waals surface area (Å²) in [6, 6.07) is 9.71. The van der Waals surface area contributed by atoms with Gasteiger partial charge in [-0.3, -0.25) is 4.79 Å². The van der Waals surface area contributed by atoms with Crippen LogP contribution in [-0.2, 0) is 4.79 Å². The number of benzene rings is 1. The van der Waals surface area contributed by atoms with Crippen LogP contribution in [0.2, 0.25) is 0 Å². The standard InChI is InChI=1S/C18H16N2O2S/c1-12-8-9-15(13(2)11-12)19-18-20-17(21)16(23-18)7-3-5-14-6-4-10-22-14/h3-11H,1-2H3,(H,19,20,21). The van der Waals surface area contributed by atoms with Crippen LogP contribution >= 0.6 is 11.8 Å². The Morgan fingerprint density at radius 1 is 1.26 bits per heavy atom. The topological polar surface area (TPSA) is 54.6 Å². The summed E-state index contributed by atoms with van der Waals surface area (Å²) >= 11 is 1.33. The maximum Gasteiger partial charge on any atom is 0.264 e. The molecule has 0 aliphatic carbocycles. The van der Waals surface area contributed by atoms with Crippen LogP contribution in [0.3, 0.4) is 0 Å². The first-order chi connectivity index (χ1) is 11.1. The Hall–Kier alpha value is -2.53. The number of aryl methyl sites for hydroxylation is 2. The number of thioether (sulfide) groups is 1. The van der Waals surface area contributed by atoms with Gasteiger partial charge < -0.3 is 9.73 Å². The second-order valence-electron chi connectivity index (χ2n) is 5.17. The summed E-state index contributed by atoms with van der Waals surface area (Å²) in [7, 11) is 0. The van der Waals surface area contributed by atoms with Gasteiger partial charge >= 0.3 is 0 Å². The van der Waals surface area contributed by atoms with Gasteiger partial charge in [0.1, 0.15) is 5.76 Å². The second kappa shape index (κ2) is 6.71. The molecule has 1 aromatic carbocycles. The van der Waals surface area contributed by atoms with Crippen LogP contribution in [-0.4, -0.2) is 11.1 Å².